The van der Waals surface area contributed by atoms with Crippen LogP contribution in [0.25, 0.3) is 0 Å². The predicted octanol–water partition coefficient (Wildman–Crippen LogP) is 2.00. The summed E-state index contributed by atoms with van der Waals surface area (Å²) in [7, 11) is 3.42. The van der Waals surface area contributed by atoms with E-state index in [2.05, 4.69) is 28.0 Å². The molecule has 1 aromatic heterocycles. The van der Waals surface area contributed by atoms with Gasteiger partial charge < -0.3 is 10.2 Å². The molecule has 7 heteroatoms. The van der Waals surface area contributed by atoms with Gasteiger partial charge in [0.2, 0.25) is 0 Å². The Kier molecular flexibility index (Phi) is 5.39. The maximum absolute atomic E-state index is 11.2. The molecule has 0 aromatic carbocycles. The molecule has 0 saturated carbocycles. The number of hydrogen-bond acceptors (Lipinski definition) is 5. The molecule has 1 aromatic rings. The number of rotatable bonds is 5. The number of nitrogens with one attached hydrogen (secondary N) is 2. The van der Waals surface area contributed by atoms with Crippen LogP contribution in [0.3, 0.4) is 0 Å². The Bertz CT molecular complexity index is 451. The van der Waals surface area contributed by atoms with Crippen molar-refractivity contribution >= 4 is 28.4 Å². The van der Waals surface area contributed by atoms with Crippen LogP contribution in [0, 0.1) is 11.3 Å². The van der Waals surface area contributed by atoms with Crippen LogP contribution in [0.4, 0.5) is 15.6 Å². The zero-order chi connectivity index (χ0) is 13.5. The molecule has 0 radical (unpaired) electrons. The monoisotopic (exact) mass is 267 g/mol. The van der Waals surface area contributed by atoms with Crippen molar-refractivity contribution in [3.8, 4) is 6.07 Å². The lowest BCUT2D eigenvalue weighted by Crippen LogP contribution is -2.24. The van der Waals surface area contributed by atoms with Crippen molar-refractivity contribution in [1.82, 2.24) is 9.69 Å². The number of unbranched alkanes of at least 4 members (excludes halogenated alkanes) is 1. The topological polar surface area (TPSA) is 81.1 Å². The molecular weight excluding hydrogens is 250 g/mol. The summed E-state index contributed by atoms with van der Waals surface area (Å²) in [5.41, 5.74) is 0.419. The van der Waals surface area contributed by atoms with E-state index >= 15 is 0 Å². The summed E-state index contributed by atoms with van der Waals surface area (Å²) in [4.78, 5) is 13.2. The van der Waals surface area contributed by atoms with Gasteiger partial charge in [-0.25, -0.2) is 4.79 Å². The number of hydrogen-bond donors (Lipinski definition) is 2. The summed E-state index contributed by atoms with van der Waals surface area (Å²) < 4.78 is 4.23. The Balaban J connectivity index is 2.88. The smallest absolute Gasteiger partial charge is 0.319 e. The highest BCUT2D eigenvalue weighted by molar-refractivity contribution is 7.11. The van der Waals surface area contributed by atoms with Crippen molar-refractivity contribution < 1.29 is 4.79 Å². The van der Waals surface area contributed by atoms with Gasteiger partial charge in [-0.3, -0.25) is 5.32 Å². The summed E-state index contributed by atoms with van der Waals surface area (Å²) in [5.74, 6) is 0.627. The Morgan fingerprint density at radius 1 is 1.61 bits per heavy atom. The predicted molar refractivity (Wildman–Crippen MR) is 73.1 cm³/mol. The summed E-state index contributed by atoms with van der Waals surface area (Å²) in [6.45, 7) is 2.95. The molecule has 1 rings (SSSR count). The van der Waals surface area contributed by atoms with Crippen molar-refractivity contribution in [3.05, 3.63) is 5.56 Å². The van der Waals surface area contributed by atoms with Gasteiger partial charge in [0.15, 0.2) is 5.82 Å². The average molecular weight is 267 g/mol. The largest absolute Gasteiger partial charge is 0.358 e. The second-order valence-corrected chi connectivity index (χ2v) is 4.57. The molecule has 6 nitrogen and oxygen atoms in total. The Morgan fingerprint density at radius 3 is 2.89 bits per heavy atom. The molecule has 98 valence electrons. The zero-order valence-electron chi connectivity index (χ0n) is 10.8. The summed E-state index contributed by atoms with van der Waals surface area (Å²) >= 11 is 1.12. The fourth-order valence-corrected chi connectivity index (χ4v) is 2.17. The average Bonchev–Trinajstić information content (AvgIpc) is 2.78. The quantitative estimate of drug-likeness (QED) is 0.855. The molecule has 0 bridgehead atoms. The SMILES string of the molecule is CCCCN(C)c1nsc(NC(=O)NC)c1C#N. The van der Waals surface area contributed by atoms with E-state index < -0.39 is 0 Å². The van der Waals surface area contributed by atoms with E-state index in [1.807, 2.05) is 11.9 Å². The number of carbonyl (C=O) groups is 1. The summed E-state index contributed by atoms with van der Waals surface area (Å²) in [6.07, 6.45) is 2.12. The third kappa shape index (κ3) is 3.34. The van der Waals surface area contributed by atoms with E-state index in [1.54, 1.807) is 0 Å². The fourth-order valence-electron chi connectivity index (χ4n) is 1.40. The zero-order valence-corrected chi connectivity index (χ0v) is 11.6. The third-order valence-corrected chi connectivity index (χ3v) is 3.20. The number of aromatic nitrogens is 1. The standard InChI is InChI=1S/C11H17N5OS/c1-4-5-6-16(3)9-8(7-12)10(18-15-9)14-11(17)13-2/h4-6H2,1-3H3,(H2,13,14,17). The third-order valence-electron chi connectivity index (χ3n) is 2.45. The van der Waals surface area contributed by atoms with E-state index in [4.69, 9.17) is 5.26 Å². The van der Waals surface area contributed by atoms with Crippen molar-refractivity contribution in [2.75, 3.05) is 30.9 Å². The van der Waals surface area contributed by atoms with Crippen molar-refractivity contribution in [2.24, 2.45) is 0 Å². The molecule has 0 unspecified atom stereocenters. The van der Waals surface area contributed by atoms with Gasteiger partial charge in [0.25, 0.3) is 0 Å². The lowest BCUT2D eigenvalue weighted by atomic mass is 10.3. The number of amides is 2. The first-order valence-corrected chi connectivity index (χ1v) is 6.51. The van der Waals surface area contributed by atoms with Gasteiger partial charge in [-0.05, 0) is 18.0 Å². The highest BCUT2D eigenvalue weighted by Gasteiger charge is 2.17. The van der Waals surface area contributed by atoms with E-state index in [0.717, 1.165) is 30.9 Å². The van der Waals surface area contributed by atoms with E-state index in [1.165, 1.54) is 7.05 Å². The number of anilines is 2. The van der Waals surface area contributed by atoms with Crippen LogP contribution >= 0.6 is 11.5 Å². The Hall–Kier alpha value is -1.81. The van der Waals surface area contributed by atoms with Crippen LogP contribution in [0.2, 0.25) is 0 Å². The van der Waals surface area contributed by atoms with Gasteiger partial charge in [-0.1, -0.05) is 13.3 Å². The lowest BCUT2D eigenvalue weighted by Gasteiger charge is -2.15. The van der Waals surface area contributed by atoms with Crippen LogP contribution in [0.15, 0.2) is 0 Å². The molecule has 18 heavy (non-hydrogen) atoms. The second-order valence-electron chi connectivity index (χ2n) is 3.80. The van der Waals surface area contributed by atoms with Crippen LogP contribution < -0.4 is 15.5 Å². The van der Waals surface area contributed by atoms with Crippen LogP contribution in [0.5, 0.6) is 0 Å². The molecule has 1 heterocycles. The first kappa shape index (κ1) is 14.3. The minimum Gasteiger partial charge on any atom is -0.358 e. The van der Waals surface area contributed by atoms with Gasteiger partial charge in [-0.2, -0.15) is 9.64 Å². The highest BCUT2D eigenvalue weighted by atomic mass is 32.1. The second kappa shape index (κ2) is 6.81. The van der Waals surface area contributed by atoms with Gasteiger partial charge in [0.1, 0.15) is 16.6 Å². The van der Waals surface area contributed by atoms with Crippen LogP contribution in [0.1, 0.15) is 25.3 Å². The summed E-state index contributed by atoms with van der Waals surface area (Å²) in [5, 5.41) is 14.7. The first-order valence-electron chi connectivity index (χ1n) is 5.73. The maximum Gasteiger partial charge on any atom is 0.319 e. The number of urea groups is 1. The molecule has 0 fully saturated rings. The van der Waals surface area contributed by atoms with E-state index in [0.29, 0.717) is 16.4 Å². The van der Waals surface area contributed by atoms with Crippen LogP contribution in [-0.4, -0.2) is 31.0 Å². The molecular formula is C11H17N5OS. The van der Waals surface area contributed by atoms with Gasteiger partial charge in [0.05, 0.1) is 0 Å². The lowest BCUT2D eigenvalue weighted by molar-refractivity contribution is 0.254. The normalized spacial score (nSPS) is 9.67. The molecule has 0 atom stereocenters. The Morgan fingerprint density at radius 2 is 2.33 bits per heavy atom. The molecule has 2 amide bonds. The van der Waals surface area contributed by atoms with Gasteiger partial charge >= 0.3 is 6.03 Å². The highest BCUT2D eigenvalue weighted by Crippen LogP contribution is 2.30. The fraction of sp³-hybridized carbons (Fsp3) is 0.545. The van der Waals surface area contributed by atoms with Gasteiger partial charge in [0, 0.05) is 20.6 Å². The molecule has 0 saturated heterocycles. The van der Waals surface area contributed by atoms with Crippen LogP contribution in [-0.2, 0) is 0 Å². The number of nitrogens with zero attached hydrogens (tertiary/aromatic N) is 3. The van der Waals surface area contributed by atoms with Crippen molar-refractivity contribution in [3.63, 3.8) is 0 Å². The maximum atomic E-state index is 11.2. The van der Waals surface area contributed by atoms with Gasteiger partial charge in [-0.15, -0.1) is 0 Å². The molecule has 0 aliphatic carbocycles. The first-order chi connectivity index (χ1) is 8.63. The minimum absolute atomic E-state index is 0.349. The van der Waals surface area contributed by atoms with Crippen molar-refractivity contribution in [1.29, 1.82) is 5.26 Å². The minimum atomic E-state index is -0.349. The van der Waals surface area contributed by atoms with Crippen molar-refractivity contribution in [2.45, 2.75) is 19.8 Å². The van der Waals surface area contributed by atoms with E-state index in [9.17, 15) is 4.79 Å². The molecule has 2 N–H and O–H groups in total. The molecule has 0 spiro atoms. The summed E-state index contributed by atoms with van der Waals surface area (Å²) in [6, 6.07) is 1.75. The number of nitriles is 1. The Labute approximate surface area is 111 Å². The molecule has 0 aliphatic heterocycles. The number of carbonyl (C=O) groups excluding carboxylic acids is 1. The van der Waals surface area contributed by atoms with E-state index in [-0.39, 0.29) is 6.03 Å². The molecule has 0 aliphatic rings.